The molecule has 28 heavy (non-hydrogen) atoms. The minimum absolute atomic E-state index is 0.00240. The number of anilines is 1. The Balaban J connectivity index is 1.77. The van der Waals surface area contributed by atoms with E-state index in [2.05, 4.69) is 15.0 Å². The van der Waals surface area contributed by atoms with Gasteiger partial charge in [-0.25, -0.2) is 19.2 Å². The van der Waals surface area contributed by atoms with Crippen LogP contribution in [0.4, 0.5) is 15.1 Å². The Morgan fingerprint density at radius 1 is 1.29 bits per heavy atom. The summed E-state index contributed by atoms with van der Waals surface area (Å²) in [6.45, 7) is 1.51. The van der Waals surface area contributed by atoms with Gasteiger partial charge < -0.3 is 4.90 Å². The molecule has 1 aliphatic heterocycles. The maximum atomic E-state index is 14.5. The quantitative estimate of drug-likeness (QED) is 0.679. The third kappa shape index (κ3) is 4.56. The van der Waals surface area contributed by atoms with Gasteiger partial charge in [-0.15, -0.1) is 0 Å². The van der Waals surface area contributed by atoms with Crippen molar-refractivity contribution in [1.82, 2.24) is 19.9 Å². The molecule has 0 radical (unpaired) electrons. The fourth-order valence-electron chi connectivity index (χ4n) is 3.03. The minimum atomic E-state index is -1.28. The maximum absolute atomic E-state index is 14.5. The summed E-state index contributed by atoms with van der Waals surface area (Å²) in [5.41, 5.74) is 0.492. The largest absolute Gasteiger partial charge is 0.327 e. The normalized spacial score (nSPS) is 17.9. The molecule has 0 aliphatic carbocycles. The summed E-state index contributed by atoms with van der Waals surface area (Å²) >= 11 is 11.7. The second-order valence-corrected chi connectivity index (χ2v) is 7.27. The molecule has 3 heterocycles. The average Bonchev–Trinajstić information content (AvgIpc) is 2.98. The van der Waals surface area contributed by atoms with Crippen molar-refractivity contribution in [2.75, 3.05) is 18.0 Å². The lowest BCUT2D eigenvalue weighted by Gasteiger charge is -2.24. The van der Waals surface area contributed by atoms with Gasteiger partial charge in [-0.05, 0) is 18.6 Å². The first-order chi connectivity index (χ1) is 13.4. The zero-order valence-corrected chi connectivity index (χ0v) is 16.6. The molecule has 0 unspecified atom stereocenters. The van der Waals surface area contributed by atoms with Crippen LogP contribution in [0.15, 0.2) is 30.7 Å². The van der Waals surface area contributed by atoms with E-state index in [1.54, 1.807) is 19.1 Å². The Hall–Kier alpha value is -2.32. The number of halogens is 3. The van der Waals surface area contributed by atoms with Crippen LogP contribution < -0.4 is 4.90 Å². The highest BCUT2D eigenvalue weighted by atomic mass is 35.5. The highest BCUT2D eigenvalue weighted by molar-refractivity contribution is 6.30. The van der Waals surface area contributed by atoms with Crippen LogP contribution in [0.2, 0.25) is 10.0 Å². The monoisotopic (exact) mass is 425 g/mol. The van der Waals surface area contributed by atoms with Gasteiger partial charge in [0, 0.05) is 16.9 Å². The molecule has 0 spiro atoms. The van der Waals surface area contributed by atoms with E-state index in [1.807, 2.05) is 0 Å². The van der Waals surface area contributed by atoms with Crippen LogP contribution >= 0.6 is 23.2 Å². The Kier molecular flexibility index (Phi) is 6.41. The Bertz CT molecular complexity index is 867. The Morgan fingerprint density at radius 3 is 2.64 bits per heavy atom. The predicted molar refractivity (Wildman–Crippen MR) is 103 cm³/mol. The van der Waals surface area contributed by atoms with Crippen molar-refractivity contribution in [3.8, 4) is 0 Å². The van der Waals surface area contributed by atoms with Gasteiger partial charge in [0.1, 0.15) is 6.17 Å². The number of carbonyl (C=O) groups excluding carboxylic acids is 2. The lowest BCUT2D eigenvalue weighted by molar-refractivity contribution is -0.119. The summed E-state index contributed by atoms with van der Waals surface area (Å²) in [6.07, 6.45) is 3.15. The van der Waals surface area contributed by atoms with Gasteiger partial charge in [0.05, 0.1) is 43.0 Å². The second kappa shape index (κ2) is 8.79. The van der Waals surface area contributed by atoms with E-state index >= 15 is 0 Å². The van der Waals surface area contributed by atoms with E-state index in [1.165, 1.54) is 28.4 Å². The number of Topliss-reactive ketones (excluding diaryl/α,β-unsaturated/α-hetero) is 1. The van der Waals surface area contributed by atoms with Gasteiger partial charge in [-0.3, -0.25) is 14.7 Å². The van der Waals surface area contributed by atoms with Crippen LogP contribution in [-0.4, -0.2) is 57.0 Å². The molecule has 0 bridgehead atoms. The zero-order valence-electron chi connectivity index (χ0n) is 15.1. The fraction of sp³-hybridized carbons (Fsp3) is 0.389. The maximum Gasteiger partial charge on any atom is 0.327 e. The van der Waals surface area contributed by atoms with Gasteiger partial charge in [0.2, 0.25) is 5.95 Å². The van der Waals surface area contributed by atoms with Gasteiger partial charge in [0.15, 0.2) is 5.78 Å². The molecule has 3 rings (SSSR count). The molecule has 0 aromatic carbocycles. The molecule has 1 fully saturated rings. The number of amides is 2. The summed E-state index contributed by atoms with van der Waals surface area (Å²) in [6, 6.07) is 1.90. The molecule has 2 aromatic rings. The van der Waals surface area contributed by atoms with Crippen molar-refractivity contribution < 1.29 is 14.0 Å². The third-order valence-electron chi connectivity index (χ3n) is 4.41. The first kappa shape index (κ1) is 20.4. The summed E-state index contributed by atoms with van der Waals surface area (Å²) < 4.78 is 14.5. The number of nitrogens with zero attached hydrogens (tertiary/aromatic N) is 5. The van der Waals surface area contributed by atoms with E-state index in [0.29, 0.717) is 15.7 Å². The first-order valence-electron chi connectivity index (χ1n) is 8.71. The van der Waals surface area contributed by atoms with E-state index in [0.717, 1.165) is 0 Å². The summed E-state index contributed by atoms with van der Waals surface area (Å²) in [7, 11) is 0. The molecule has 10 heteroatoms. The molecule has 0 N–H and O–H groups in total. The summed E-state index contributed by atoms with van der Waals surface area (Å²) in [5.74, 6) is -0.149. The fourth-order valence-corrected chi connectivity index (χ4v) is 3.31. The molecule has 1 saturated heterocycles. The number of aromatic nitrogens is 3. The Labute approximate surface area is 171 Å². The minimum Gasteiger partial charge on any atom is -0.309 e. The number of urea groups is 1. The van der Waals surface area contributed by atoms with Crippen molar-refractivity contribution in [3.63, 3.8) is 0 Å². The van der Waals surface area contributed by atoms with Gasteiger partial charge in [-0.1, -0.05) is 30.1 Å². The molecular weight excluding hydrogens is 408 g/mol. The van der Waals surface area contributed by atoms with Crippen molar-refractivity contribution in [2.24, 2.45) is 0 Å². The number of pyridine rings is 1. The standard InChI is InChI=1S/C18H18Cl2FN5O2/c1-2-15(21)16-10-26(17-23-7-12(20)8-24-17)18(28)25(16)9-14(27)6-13-5-11(19)3-4-22-13/h3-5,7-8,15-16H,2,6,9-10H2,1H3/t15-,16+/m0/s1. The van der Waals surface area contributed by atoms with Gasteiger partial charge in [-0.2, -0.15) is 0 Å². The van der Waals surface area contributed by atoms with E-state index in [9.17, 15) is 14.0 Å². The Morgan fingerprint density at radius 2 is 2.00 bits per heavy atom. The topological polar surface area (TPSA) is 79.3 Å². The molecule has 0 saturated carbocycles. The molecular formula is C18H18Cl2FN5O2. The number of hydrogen-bond donors (Lipinski definition) is 0. The summed E-state index contributed by atoms with van der Waals surface area (Å²) in [5, 5.41) is 0.790. The SMILES string of the molecule is CC[C@H](F)[C@H]1CN(c2ncc(Cl)cn2)C(=O)N1CC(=O)Cc1cc(Cl)ccn1. The smallest absolute Gasteiger partial charge is 0.309 e. The van der Waals surface area contributed by atoms with Crippen LogP contribution in [0.5, 0.6) is 0 Å². The molecule has 2 aromatic heterocycles. The summed E-state index contributed by atoms with van der Waals surface area (Å²) in [4.78, 5) is 40.0. The van der Waals surface area contributed by atoms with Crippen LogP contribution in [-0.2, 0) is 11.2 Å². The van der Waals surface area contributed by atoms with Crippen LogP contribution in [0.25, 0.3) is 0 Å². The predicted octanol–water partition coefficient (Wildman–Crippen LogP) is 3.35. The molecule has 2 amide bonds. The van der Waals surface area contributed by atoms with Crippen LogP contribution in [0, 0.1) is 0 Å². The molecule has 148 valence electrons. The van der Waals surface area contributed by atoms with Crippen LogP contribution in [0.3, 0.4) is 0 Å². The average molecular weight is 426 g/mol. The van der Waals surface area contributed by atoms with Crippen molar-refractivity contribution >= 4 is 41.0 Å². The molecule has 7 nitrogen and oxygen atoms in total. The van der Waals surface area contributed by atoms with Gasteiger partial charge in [0.25, 0.3) is 0 Å². The lowest BCUT2D eigenvalue weighted by Crippen LogP contribution is -2.43. The van der Waals surface area contributed by atoms with Crippen molar-refractivity contribution in [1.29, 1.82) is 0 Å². The first-order valence-corrected chi connectivity index (χ1v) is 9.46. The molecule has 2 atom stereocenters. The van der Waals surface area contributed by atoms with Crippen molar-refractivity contribution in [3.05, 3.63) is 46.5 Å². The highest BCUT2D eigenvalue weighted by Gasteiger charge is 2.43. The zero-order chi connectivity index (χ0) is 20.3. The number of hydrogen-bond acceptors (Lipinski definition) is 5. The molecule has 1 aliphatic rings. The van der Waals surface area contributed by atoms with Gasteiger partial charge >= 0.3 is 6.03 Å². The lowest BCUT2D eigenvalue weighted by atomic mass is 10.1. The number of carbonyl (C=O) groups is 2. The van der Waals surface area contributed by atoms with E-state index < -0.39 is 18.2 Å². The number of ketones is 1. The van der Waals surface area contributed by atoms with Crippen LogP contribution in [0.1, 0.15) is 19.0 Å². The number of alkyl halides is 1. The van der Waals surface area contributed by atoms with Crippen molar-refractivity contribution in [2.45, 2.75) is 32.0 Å². The third-order valence-corrected chi connectivity index (χ3v) is 4.84. The van der Waals surface area contributed by atoms with E-state index in [4.69, 9.17) is 23.2 Å². The number of rotatable bonds is 7. The highest BCUT2D eigenvalue weighted by Crippen LogP contribution is 2.25. The van der Waals surface area contributed by atoms with E-state index in [-0.39, 0.29) is 37.7 Å². The second-order valence-electron chi connectivity index (χ2n) is 6.39.